The zero-order chi connectivity index (χ0) is 26.8. The molecule has 1 aliphatic heterocycles. The van der Waals surface area contributed by atoms with E-state index in [-0.39, 0.29) is 24.2 Å². The van der Waals surface area contributed by atoms with Crippen LogP contribution in [0.4, 0.5) is 4.39 Å². The molecule has 36 heavy (non-hydrogen) atoms. The smallest absolute Gasteiger partial charge is 0.223 e. The highest BCUT2D eigenvalue weighted by Gasteiger charge is 2.33. The van der Waals surface area contributed by atoms with Gasteiger partial charge in [0.2, 0.25) is 5.91 Å². The molecule has 1 aromatic heterocycles. The molecule has 0 aliphatic carbocycles. The summed E-state index contributed by atoms with van der Waals surface area (Å²) in [4.78, 5) is 14.5. The Morgan fingerprint density at radius 1 is 1.00 bits per heavy atom. The highest BCUT2D eigenvalue weighted by Crippen LogP contribution is 2.42. The standard InChI is InChI=1S/C25H22FNO3.3C2H6/c1-15-7-8-16(20(26)11-15)13-27-14-17(12-23(27)28)18-9-10-22(29-2)25-24(18)19-5-3-4-6-21(19)30-25;3*1-2/h3-11,17H,12-14H2,1-2H3;3*1-2H3. The normalized spacial score (nSPS) is 14.4. The van der Waals surface area contributed by atoms with Crippen LogP contribution in [0.15, 0.2) is 59.0 Å². The van der Waals surface area contributed by atoms with Crippen molar-refractivity contribution in [3.8, 4) is 5.75 Å². The van der Waals surface area contributed by atoms with Crippen molar-refractivity contribution < 1.29 is 18.3 Å². The Balaban J connectivity index is 0.000000710. The number of methoxy groups -OCH3 is 1. The quantitative estimate of drug-likeness (QED) is 0.286. The van der Waals surface area contributed by atoms with Crippen molar-refractivity contribution in [1.82, 2.24) is 4.90 Å². The number of rotatable bonds is 4. The van der Waals surface area contributed by atoms with Gasteiger partial charge in [-0.25, -0.2) is 4.39 Å². The minimum absolute atomic E-state index is 0.0143. The number of aryl methyl sites for hydroxylation is 1. The maximum Gasteiger partial charge on any atom is 0.223 e. The lowest BCUT2D eigenvalue weighted by Crippen LogP contribution is -2.25. The van der Waals surface area contributed by atoms with Gasteiger partial charge in [-0.15, -0.1) is 0 Å². The van der Waals surface area contributed by atoms with E-state index in [0.717, 1.165) is 27.5 Å². The summed E-state index contributed by atoms with van der Waals surface area (Å²) in [7, 11) is 1.62. The Kier molecular flexibility index (Phi) is 11.0. The number of para-hydroxylation sites is 1. The monoisotopic (exact) mass is 493 g/mol. The van der Waals surface area contributed by atoms with E-state index in [1.165, 1.54) is 6.07 Å². The van der Waals surface area contributed by atoms with E-state index in [1.807, 2.05) is 90.9 Å². The number of benzene rings is 3. The van der Waals surface area contributed by atoms with Crippen LogP contribution in [-0.4, -0.2) is 24.5 Å². The first-order chi connectivity index (χ1) is 17.5. The summed E-state index contributed by atoms with van der Waals surface area (Å²) >= 11 is 0. The molecule has 4 aromatic rings. The predicted molar refractivity (Wildman–Crippen MR) is 148 cm³/mol. The number of furan rings is 1. The molecule has 0 N–H and O–H groups in total. The number of amides is 1. The summed E-state index contributed by atoms with van der Waals surface area (Å²) in [6.45, 7) is 14.7. The van der Waals surface area contributed by atoms with Crippen molar-refractivity contribution in [2.75, 3.05) is 13.7 Å². The van der Waals surface area contributed by atoms with E-state index < -0.39 is 0 Å². The number of nitrogens with zero attached hydrogens (tertiary/aromatic N) is 1. The third-order valence-corrected chi connectivity index (χ3v) is 5.97. The Labute approximate surface area is 215 Å². The summed E-state index contributed by atoms with van der Waals surface area (Å²) in [6, 6.07) is 17.0. The Morgan fingerprint density at radius 3 is 2.36 bits per heavy atom. The molecule has 0 radical (unpaired) electrons. The van der Waals surface area contributed by atoms with E-state index in [0.29, 0.717) is 29.9 Å². The fourth-order valence-corrected chi connectivity index (χ4v) is 4.45. The van der Waals surface area contributed by atoms with Crippen LogP contribution in [0.5, 0.6) is 5.75 Å². The van der Waals surface area contributed by atoms with Crippen LogP contribution in [-0.2, 0) is 11.3 Å². The average Bonchev–Trinajstić information content (AvgIpc) is 3.49. The molecule has 0 saturated carbocycles. The molecule has 1 atom stereocenters. The van der Waals surface area contributed by atoms with Crippen molar-refractivity contribution in [3.05, 3.63) is 77.1 Å². The fourth-order valence-electron chi connectivity index (χ4n) is 4.45. The number of ether oxygens (including phenoxy) is 1. The second kappa shape index (κ2) is 13.7. The van der Waals surface area contributed by atoms with E-state index in [9.17, 15) is 9.18 Å². The van der Waals surface area contributed by atoms with Gasteiger partial charge in [0, 0.05) is 41.8 Å². The van der Waals surface area contributed by atoms with Crippen LogP contribution >= 0.6 is 0 Å². The summed E-state index contributed by atoms with van der Waals surface area (Å²) < 4.78 is 25.9. The molecule has 1 unspecified atom stereocenters. The van der Waals surface area contributed by atoms with Gasteiger partial charge >= 0.3 is 0 Å². The first-order valence-electron chi connectivity index (χ1n) is 13.1. The zero-order valence-corrected chi connectivity index (χ0v) is 22.9. The Bertz CT molecular complexity index is 1280. The Hall–Kier alpha value is -3.34. The van der Waals surface area contributed by atoms with Gasteiger partial charge in [0.05, 0.1) is 7.11 Å². The van der Waals surface area contributed by atoms with E-state index in [2.05, 4.69) is 0 Å². The Morgan fingerprint density at radius 2 is 1.69 bits per heavy atom. The lowest BCUT2D eigenvalue weighted by molar-refractivity contribution is -0.128. The molecule has 194 valence electrons. The SMILES string of the molecule is CC.CC.CC.COc1ccc(C2CC(=O)N(Cc3ccc(C)cc3F)C2)c2c1oc1ccccc12. The summed E-state index contributed by atoms with van der Waals surface area (Å²) in [5.74, 6) is 0.462. The van der Waals surface area contributed by atoms with Crippen molar-refractivity contribution in [3.63, 3.8) is 0 Å². The second-order valence-electron chi connectivity index (χ2n) is 7.93. The summed E-state index contributed by atoms with van der Waals surface area (Å²) in [5.41, 5.74) is 3.97. The third-order valence-electron chi connectivity index (χ3n) is 5.97. The topological polar surface area (TPSA) is 42.7 Å². The molecule has 1 saturated heterocycles. The molecule has 0 spiro atoms. The van der Waals surface area contributed by atoms with Crippen LogP contribution in [0.2, 0.25) is 0 Å². The average molecular weight is 494 g/mol. The van der Waals surface area contributed by atoms with Gasteiger partial charge in [-0.1, -0.05) is 77.9 Å². The second-order valence-corrected chi connectivity index (χ2v) is 7.93. The maximum absolute atomic E-state index is 14.3. The minimum Gasteiger partial charge on any atom is -0.493 e. The van der Waals surface area contributed by atoms with Crippen molar-refractivity contribution in [2.45, 2.75) is 67.3 Å². The molecule has 1 fully saturated rings. The molecular formula is C31H40FNO3. The molecule has 0 bridgehead atoms. The first kappa shape index (κ1) is 28.9. The number of carbonyl (C=O) groups excluding carboxylic acids is 1. The highest BCUT2D eigenvalue weighted by molar-refractivity contribution is 6.09. The molecule has 1 aliphatic rings. The van der Waals surface area contributed by atoms with Gasteiger partial charge in [0.1, 0.15) is 11.4 Å². The van der Waals surface area contributed by atoms with Gasteiger partial charge in [-0.2, -0.15) is 0 Å². The molecular weight excluding hydrogens is 453 g/mol. The summed E-state index contributed by atoms with van der Waals surface area (Å²) in [6.07, 6.45) is 0.397. The number of hydrogen-bond acceptors (Lipinski definition) is 3. The van der Waals surface area contributed by atoms with Crippen LogP contribution < -0.4 is 4.74 Å². The number of halogens is 1. The van der Waals surface area contributed by atoms with E-state index in [1.54, 1.807) is 18.1 Å². The van der Waals surface area contributed by atoms with Crippen LogP contribution in [0, 0.1) is 12.7 Å². The fraction of sp³-hybridized carbons (Fsp3) is 0.387. The molecule has 3 aromatic carbocycles. The zero-order valence-electron chi connectivity index (χ0n) is 22.9. The van der Waals surface area contributed by atoms with Gasteiger partial charge in [0.25, 0.3) is 0 Å². The lowest BCUT2D eigenvalue weighted by atomic mass is 9.93. The maximum atomic E-state index is 14.3. The molecule has 2 heterocycles. The molecule has 4 nitrogen and oxygen atoms in total. The van der Waals surface area contributed by atoms with Crippen LogP contribution in [0.25, 0.3) is 21.9 Å². The van der Waals surface area contributed by atoms with Gasteiger partial charge in [-0.05, 0) is 36.2 Å². The largest absolute Gasteiger partial charge is 0.493 e. The number of fused-ring (bicyclic) bond motifs is 3. The predicted octanol–water partition coefficient (Wildman–Crippen LogP) is 8.64. The summed E-state index contributed by atoms with van der Waals surface area (Å²) in [5, 5.41) is 2.00. The van der Waals surface area contributed by atoms with Crippen LogP contribution in [0.1, 0.15) is 70.6 Å². The van der Waals surface area contributed by atoms with Gasteiger partial charge in [-0.3, -0.25) is 4.79 Å². The number of likely N-dealkylation sites (tertiary alicyclic amines) is 1. The minimum atomic E-state index is -0.265. The molecule has 5 rings (SSSR count). The van der Waals surface area contributed by atoms with Gasteiger partial charge < -0.3 is 14.1 Å². The number of hydrogen-bond donors (Lipinski definition) is 0. The first-order valence-corrected chi connectivity index (χ1v) is 13.1. The highest BCUT2D eigenvalue weighted by atomic mass is 19.1. The van der Waals surface area contributed by atoms with Crippen molar-refractivity contribution in [1.29, 1.82) is 0 Å². The third kappa shape index (κ3) is 5.89. The van der Waals surface area contributed by atoms with E-state index >= 15 is 0 Å². The molecule has 5 heteroatoms. The molecule has 1 amide bonds. The van der Waals surface area contributed by atoms with Crippen LogP contribution in [0.3, 0.4) is 0 Å². The lowest BCUT2D eigenvalue weighted by Gasteiger charge is -2.18. The van der Waals surface area contributed by atoms with E-state index in [4.69, 9.17) is 9.15 Å². The van der Waals surface area contributed by atoms with Crippen molar-refractivity contribution in [2.24, 2.45) is 0 Å². The number of carbonyl (C=O) groups is 1. The van der Waals surface area contributed by atoms with Crippen molar-refractivity contribution >= 4 is 27.8 Å². The van der Waals surface area contributed by atoms with Gasteiger partial charge in [0.15, 0.2) is 11.3 Å².